The maximum Gasteiger partial charge on any atom is 0.267 e. The summed E-state index contributed by atoms with van der Waals surface area (Å²) in [5.74, 6) is 0. The van der Waals surface area contributed by atoms with Crippen molar-refractivity contribution in [1.82, 2.24) is 0 Å². The van der Waals surface area contributed by atoms with Crippen molar-refractivity contribution in [3.63, 3.8) is 0 Å². The third-order valence-electron chi connectivity index (χ3n) is 5.18. The summed E-state index contributed by atoms with van der Waals surface area (Å²) < 4.78 is 32.5. The van der Waals surface area contributed by atoms with E-state index in [0.717, 1.165) is 25.7 Å². The van der Waals surface area contributed by atoms with Crippen LogP contribution in [0.15, 0.2) is 0 Å². The summed E-state index contributed by atoms with van der Waals surface area (Å²) in [6.45, 7) is 4.42. The molecule has 0 aliphatic rings. The van der Waals surface area contributed by atoms with E-state index in [2.05, 4.69) is 13.8 Å². The van der Waals surface area contributed by atoms with Crippen LogP contribution in [-0.2, 0) is 10.1 Å². The first-order chi connectivity index (χ1) is 12.0. The molecule has 0 heterocycles. The van der Waals surface area contributed by atoms with Gasteiger partial charge >= 0.3 is 0 Å². The van der Waals surface area contributed by atoms with E-state index in [1.54, 1.807) is 0 Å². The Balaban J connectivity index is 3.62. The van der Waals surface area contributed by atoms with Crippen LogP contribution in [0.3, 0.4) is 0 Å². The summed E-state index contributed by atoms with van der Waals surface area (Å²) in [7, 11) is -3.87. The second kappa shape index (κ2) is 17.3. The molecule has 4 heteroatoms. The number of rotatable bonds is 19. The Kier molecular flexibility index (Phi) is 17.3. The Bertz CT molecular complexity index is 365. The average molecular weight is 377 g/mol. The average Bonchev–Trinajstić information content (AvgIpc) is 2.56. The van der Waals surface area contributed by atoms with Gasteiger partial charge < -0.3 is 0 Å². The lowest BCUT2D eigenvalue weighted by Gasteiger charge is -2.13. The van der Waals surface area contributed by atoms with E-state index in [1.807, 2.05) is 0 Å². The first-order valence-corrected chi connectivity index (χ1v) is 12.5. The molecule has 0 aromatic rings. The Morgan fingerprint density at radius 3 is 1.12 bits per heavy atom. The minimum atomic E-state index is -3.87. The molecule has 0 rings (SSSR count). The molecule has 0 aromatic carbocycles. The highest BCUT2D eigenvalue weighted by molar-refractivity contribution is 7.86. The van der Waals surface area contributed by atoms with Crippen LogP contribution in [-0.4, -0.2) is 18.2 Å². The molecule has 0 bridgehead atoms. The lowest BCUT2D eigenvalue weighted by atomic mass is 10.0. The normalized spacial score (nSPS) is 13.2. The molecule has 0 aliphatic heterocycles. The quantitative estimate of drug-likeness (QED) is 0.190. The molecule has 0 fully saturated rings. The van der Waals surface area contributed by atoms with Crippen LogP contribution in [0.1, 0.15) is 129 Å². The van der Waals surface area contributed by atoms with Gasteiger partial charge in [-0.15, -0.1) is 0 Å². The molecule has 0 saturated carbocycles. The third-order valence-corrected chi connectivity index (χ3v) is 6.49. The van der Waals surface area contributed by atoms with Gasteiger partial charge in [-0.1, -0.05) is 117 Å². The zero-order valence-electron chi connectivity index (χ0n) is 17.0. The zero-order chi connectivity index (χ0) is 18.8. The molecule has 0 radical (unpaired) electrons. The Morgan fingerprint density at radius 1 is 0.560 bits per heavy atom. The van der Waals surface area contributed by atoms with E-state index in [1.165, 1.54) is 77.0 Å². The van der Waals surface area contributed by atoms with Crippen LogP contribution in [0, 0.1) is 0 Å². The van der Waals surface area contributed by atoms with Crippen LogP contribution in [0.2, 0.25) is 0 Å². The van der Waals surface area contributed by atoms with Gasteiger partial charge in [0.25, 0.3) is 10.1 Å². The molecular formula is C21H44O3S. The first kappa shape index (κ1) is 24.9. The van der Waals surface area contributed by atoms with Crippen LogP contribution in [0.5, 0.6) is 0 Å². The largest absolute Gasteiger partial charge is 0.285 e. The van der Waals surface area contributed by atoms with Crippen molar-refractivity contribution in [1.29, 1.82) is 0 Å². The van der Waals surface area contributed by atoms with E-state index in [0.29, 0.717) is 12.8 Å². The van der Waals surface area contributed by atoms with Gasteiger partial charge in [-0.3, -0.25) is 4.55 Å². The van der Waals surface area contributed by atoms with Gasteiger partial charge in [-0.05, 0) is 12.8 Å². The van der Waals surface area contributed by atoms with Crippen molar-refractivity contribution in [3.05, 3.63) is 0 Å². The van der Waals surface area contributed by atoms with E-state index in [4.69, 9.17) is 0 Å². The number of hydrogen-bond acceptors (Lipinski definition) is 2. The molecule has 0 amide bonds. The zero-order valence-corrected chi connectivity index (χ0v) is 17.8. The van der Waals surface area contributed by atoms with Crippen molar-refractivity contribution < 1.29 is 13.0 Å². The topological polar surface area (TPSA) is 54.4 Å². The second-order valence-electron chi connectivity index (χ2n) is 7.66. The summed E-state index contributed by atoms with van der Waals surface area (Å²) in [6, 6.07) is 0. The number of unbranched alkanes of at least 4 members (excludes halogenated alkanes) is 14. The lowest BCUT2D eigenvalue weighted by molar-refractivity contribution is 0.442. The van der Waals surface area contributed by atoms with Crippen LogP contribution in [0.4, 0.5) is 0 Å². The Labute approximate surface area is 158 Å². The maximum atomic E-state index is 11.5. The highest BCUT2D eigenvalue weighted by Gasteiger charge is 2.21. The molecule has 0 spiro atoms. The van der Waals surface area contributed by atoms with Gasteiger partial charge in [-0.25, -0.2) is 0 Å². The molecule has 152 valence electrons. The summed E-state index contributed by atoms with van der Waals surface area (Å²) in [6.07, 6.45) is 20.8. The predicted molar refractivity (Wildman–Crippen MR) is 110 cm³/mol. The molecule has 0 aliphatic carbocycles. The first-order valence-electron chi connectivity index (χ1n) is 11.0. The monoisotopic (exact) mass is 376 g/mol. The van der Waals surface area contributed by atoms with Crippen molar-refractivity contribution in [2.45, 2.75) is 135 Å². The van der Waals surface area contributed by atoms with Gasteiger partial charge in [0.1, 0.15) is 0 Å². The van der Waals surface area contributed by atoms with Gasteiger partial charge in [0.05, 0.1) is 5.25 Å². The van der Waals surface area contributed by atoms with Crippen molar-refractivity contribution >= 4 is 10.1 Å². The highest BCUT2D eigenvalue weighted by atomic mass is 32.2. The van der Waals surface area contributed by atoms with Gasteiger partial charge in [0.15, 0.2) is 0 Å². The van der Waals surface area contributed by atoms with Crippen molar-refractivity contribution in [2.24, 2.45) is 0 Å². The molecule has 0 saturated heterocycles. The molecule has 1 atom stereocenters. The highest BCUT2D eigenvalue weighted by Crippen LogP contribution is 2.19. The van der Waals surface area contributed by atoms with Crippen molar-refractivity contribution in [3.8, 4) is 0 Å². The van der Waals surface area contributed by atoms with E-state index in [9.17, 15) is 13.0 Å². The maximum absolute atomic E-state index is 11.5. The van der Waals surface area contributed by atoms with Gasteiger partial charge in [0.2, 0.25) is 0 Å². The third kappa shape index (κ3) is 17.1. The summed E-state index contributed by atoms with van der Waals surface area (Å²) in [5, 5.41) is -0.535. The smallest absolute Gasteiger partial charge is 0.267 e. The predicted octanol–water partition coefficient (Wildman–Crippen LogP) is 7.30. The van der Waals surface area contributed by atoms with E-state index >= 15 is 0 Å². The molecule has 1 unspecified atom stereocenters. The van der Waals surface area contributed by atoms with Gasteiger partial charge in [0, 0.05) is 0 Å². The molecule has 1 N–H and O–H groups in total. The standard InChI is InChI=1S/C21H44O3S/c1-3-5-7-9-10-11-12-13-14-16-18-20-21(25(22,23)24)19-17-15-8-6-4-2/h21H,3-20H2,1-2H3,(H,22,23,24). The summed E-state index contributed by atoms with van der Waals surface area (Å²) >= 11 is 0. The van der Waals surface area contributed by atoms with Crippen molar-refractivity contribution in [2.75, 3.05) is 0 Å². The lowest BCUT2D eigenvalue weighted by Crippen LogP contribution is -2.20. The second-order valence-corrected chi connectivity index (χ2v) is 9.36. The van der Waals surface area contributed by atoms with E-state index in [-0.39, 0.29) is 0 Å². The van der Waals surface area contributed by atoms with E-state index < -0.39 is 15.4 Å². The Hall–Kier alpha value is -0.0900. The fraction of sp³-hybridized carbons (Fsp3) is 1.00. The summed E-state index contributed by atoms with van der Waals surface area (Å²) in [5.41, 5.74) is 0. The molecular weight excluding hydrogens is 332 g/mol. The summed E-state index contributed by atoms with van der Waals surface area (Å²) in [4.78, 5) is 0. The fourth-order valence-electron chi connectivity index (χ4n) is 3.45. The van der Waals surface area contributed by atoms with Crippen LogP contribution >= 0.6 is 0 Å². The molecule has 3 nitrogen and oxygen atoms in total. The molecule has 0 aromatic heterocycles. The Morgan fingerprint density at radius 2 is 0.840 bits per heavy atom. The number of hydrogen-bond donors (Lipinski definition) is 1. The van der Waals surface area contributed by atoms with Gasteiger partial charge in [-0.2, -0.15) is 8.42 Å². The minimum Gasteiger partial charge on any atom is -0.285 e. The fourth-order valence-corrected chi connectivity index (χ4v) is 4.38. The molecule has 25 heavy (non-hydrogen) atoms. The van der Waals surface area contributed by atoms with Crippen LogP contribution in [0.25, 0.3) is 0 Å². The SMILES string of the molecule is CCCCCCCCCCCCCC(CCCCCCC)S(=O)(=O)O. The minimum absolute atomic E-state index is 0.535. The van der Waals surface area contributed by atoms with Crippen LogP contribution < -0.4 is 0 Å².